The van der Waals surface area contributed by atoms with Crippen LogP contribution in [-0.2, 0) is 19.4 Å². The lowest BCUT2D eigenvalue weighted by molar-refractivity contribution is -0.193. The third-order valence-corrected chi connectivity index (χ3v) is 8.80. The van der Waals surface area contributed by atoms with Crippen molar-refractivity contribution in [3.05, 3.63) is 35.8 Å². The van der Waals surface area contributed by atoms with Crippen molar-refractivity contribution in [2.75, 3.05) is 11.5 Å². The molecule has 34 heavy (non-hydrogen) atoms. The van der Waals surface area contributed by atoms with Crippen molar-refractivity contribution >= 4 is 15.7 Å². The van der Waals surface area contributed by atoms with Gasteiger partial charge in [-0.3, -0.25) is 4.79 Å². The molecule has 1 amide bonds. The third kappa shape index (κ3) is 4.57. The number of halogens is 3. The predicted octanol–water partition coefficient (Wildman–Crippen LogP) is 2.90. The Morgan fingerprint density at radius 3 is 2.53 bits per heavy atom. The molecule has 0 radical (unpaired) electrons. The molecule has 3 aliphatic rings. The van der Waals surface area contributed by atoms with E-state index >= 15 is 0 Å². The molecule has 1 aromatic heterocycles. The molecular formula is C22H25F3N4O4S. The third-order valence-electron chi connectivity index (χ3n) is 7.09. The zero-order valence-electron chi connectivity index (χ0n) is 18.3. The van der Waals surface area contributed by atoms with Gasteiger partial charge in [0.2, 0.25) is 5.91 Å². The number of aromatic nitrogens is 3. The lowest BCUT2D eigenvalue weighted by Gasteiger charge is -2.49. The van der Waals surface area contributed by atoms with E-state index in [2.05, 4.69) is 15.6 Å². The average molecular weight is 499 g/mol. The molecule has 1 N–H and O–H groups in total. The van der Waals surface area contributed by atoms with Gasteiger partial charge in [0, 0.05) is 18.4 Å². The summed E-state index contributed by atoms with van der Waals surface area (Å²) >= 11 is 0. The van der Waals surface area contributed by atoms with Crippen LogP contribution in [-0.4, -0.2) is 52.7 Å². The van der Waals surface area contributed by atoms with E-state index in [1.165, 1.54) is 0 Å². The zero-order valence-corrected chi connectivity index (χ0v) is 19.2. The highest BCUT2D eigenvalue weighted by Gasteiger charge is 2.47. The van der Waals surface area contributed by atoms with Gasteiger partial charge in [-0.2, -0.15) is 0 Å². The molecule has 184 valence electrons. The molecule has 8 nitrogen and oxygen atoms in total. The number of piperidine rings is 1. The molecule has 3 aliphatic heterocycles. The topological polar surface area (TPSA) is 103 Å². The van der Waals surface area contributed by atoms with E-state index in [-0.39, 0.29) is 46.7 Å². The Morgan fingerprint density at radius 2 is 1.85 bits per heavy atom. The minimum absolute atomic E-state index is 0.0188. The summed E-state index contributed by atoms with van der Waals surface area (Å²) in [5.41, 5.74) is -0.643. The number of sulfone groups is 1. The van der Waals surface area contributed by atoms with Gasteiger partial charge in [-0.1, -0.05) is 5.21 Å². The van der Waals surface area contributed by atoms with E-state index in [0.717, 1.165) is 12.1 Å². The van der Waals surface area contributed by atoms with Gasteiger partial charge in [0.1, 0.15) is 21.3 Å². The van der Waals surface area contributed by atoms with E-state index in [1.54, 1.807) is 10.9 Å². The van der Waals surface area contributed by atoms with E-state index in [0.29, 0.717) is 44.9 Å². The highest BCUT2D eigenvalue weighted by molar-refractivity contribution is 7.91. The van der Waals surface area contributed by atoms with Gasteiger partial charge in [0.15, 0.2) is 17.5 Å². The number of benzene rings is 1. The van der Waals surface area contributed by atoms with E-state index in [1.807, 2.05) is 0 Å². The highest BCUT2D eigenvalue weighted by Crippen LogP contribution is 2.43. The number of nitrogens with zero attached hydrogens (tertiary/aromatic N) is 3. The first-order chi connectivity index (χ1) is 16.1. The minimum Gasteiger partial charge on any atom is -0.352 e. The second-order valence-corrected chi connectivity index (χ2v) is 11.8. The maximum atomic E-state index is 13.7. The van der Waals surface area contributed by atoms with Crippen LogP contribution in [0.1, 0.15) is 51.0 Å². The smallest absolute Gasteiger partial charge is 0.222 e. The van der Waals surface area contributed by atoms with E-state index in [4.69, 9.17) is 4.74 Å². The van der Waals surface area contributed by atoms with E-state index < -0.39 is 33.0 Å². The lowest BCUT2D eigenvalue weighted by Crippen LogP contribution is -2.59. The number of nitrogens with one attached hydrogen (secondary N) is 1. The Kier molecular flexibility index (Phi) is 5.91. The fraction of sp³-hybridized carbons (Fsp3) is 0.591. The molecule has 2 aromatic rings. The molecule has 3 saturated heterocycles. The van der Waals surface area contributed by atoms with Gasteiger partial charge < -0.3 is 10.1 Å². The first-order valence-corrected chi connectivity index (χ1v) is 13.2. The molecule has 0 bridgehead atoms. The fourth-order valence-electron chi connectivity index (χ4n) is 5.33. The first-order valence-electron chi connectivity index (χ1n) is 11.4. The highest BCUT2D eigenvalue weighted by atomic mass is 32.2. The van der Waals surface area contributed by atoms with Gasteiger partial charge in [-0.05, 0) is 50.2 Å². The van der Waals surface area contributed by atoms with Gasteiger partial charge in [-0.15, -0.1) is 5.10 Å². The van der Waals surface area contributed by atoms with Gasteiger partial charge in [0.25, 0.3) is 0 Å². The summed E-state index contributed by atoms with van der Waals surface area (Å²) in [5.74, 6) is -4.04. The number of amides is 1. The lowest BCUT2D eigenvalue weighted by atomic mass is 9.83. The summed E-state index contributed by atoms with van der Waals surface area (Å²) in [6.07, 6.45) is 4.88. The largest absolute Gasteiger partial charge is 0.352 e. The zero-order chi connectivity index (χ0) is 24.1. The maximum absolute atomic E-state index is 13.7. The molecule has 5 rings (SSSR count). The van der Waals surface area contributed by atoms with Crippen LogP contribution in [0.3, 0.4) is 0 Å². The van der Waals surface area contributed by atoms with Crippen LogP contribution in [0.4, 0.5) is 13.2 Å². The van der Waals surface area contributed by atoms with Crippen LogP contribution >= 0.6 is 0 Å². The first kappa shape index (κ1) is 23.3. The number of rotatable bonds is 3. The normalized spacial score (nSPS) is 29.8. The molecule has 3 fully saturated rings. The van der Waals surface area contributed by atoms with E-state index in [9.17, 15) is 26.4 Å². The van der Waals surface area contributed by atoms with Crippen LogP contribution in [0.5, 0.6) is 0 Å². The molecule has 3 unspecified atom stereocenters. The molecule has 12 heteroatoms. The Morgan fingerprint density at radius 1 is 1.15 bits per heavy atom. The summed E-state index contributed by atoms with van der Waals surface area (Å²) in [6.45, 7) is 0. The second-order valence-electron chi connectivity index (χ2n) is 9.47. The van der Waals surface area contributed by atoms with Crippen molar-refractivity contribution < 1.29 is 31.1 Å². The summed E-state index contributed by atoms with van der Waals surface area (Å²) in [6, 6.07) is 1.49. The minimum atomic E-state index is -3.04. The average Bonchev–Trinajstić information content (AvgIpc) is 3.27. The standard InChI is InChI=1S/C22H25F3N4O4S/c23-16-8-14(9-17(24)21(16)25)18-12-29(28-27-18)15-10-19(13-3-6-34(31,32)7-4-13)33-22(11-15)5-1-2-20(30)26-22/h8-9,12-13,15,19H,1-7,10-11H2,(H,26,30). The van der Waals surface area contributed by atoms with Crippen molar-refractivity contribution in [1.29, 1.82) is 0 Å². The molecule has 1 aromatic carbocycles. The van der Waals surface area contributed by atoms with Crippen molar-refractivity contribution in [2.24, 2.45) is 5.92 Å². The van der Waals surface area contributed by atoms with Crippen LogP contribution in [0, 0.1) is 23.4 Å². The number of carbonyl (C=O) groups is 1. The summed E-state index contributed by atoms with van der Waals surface area (Å²) in [7, 11) is -3.04. The van der Waals surface area contributed by atoms with Crippen LogP contribution in [0.25, 0.3) is 11.3 Å². The number of hydrogen-bond acceptors (Lipinski definition) is 6. The Labute approximate surface area is 194 Å². The molecular weight excluding hydrogens is 473 g/mol. The summed E-state index contributed by atoms with van der Waals surface area (Å²) in [5, 5.41) is 11.2. The number of ether oxygens (including phenoxy) is 1. The Bertz CT molecular complexity index is 1180. The van der Waals surface area contributed by atoms with Gasteiger partial charge in [-0.25, -0.2) is 26.3 Å². The quantitative estimate of drug-likeness (QED) is 0.653. The van der Waals surface area contributed by atoms with Crippen molar-refractivity contribution in [3.63, 3.8) is 0 Å². The molecule has 3 atom stereocenters. The second kappa shape index (κ2) is 8.63. The Hall–Kier alpha value is -2.47. The monoisotopic (exact) mass is 498 g/mol. The Balaban J connectivity index is 1.43. The SMILES string of the molecule is O=C1CCCC2(CC(n3cc(-c4cc(F)c(F)c(F)c4)nn3)CC(C3CCS(=O)(=O)CC3)O2)N1. The molecule has 1 spiro atoms. The van der Waals surface area contributed by atoms with Crippen molar-refractivity contribution in [1.82, 2.24) is 20.3 Å². The molecule has 0 saturated carbocycles. The van der Waals surface area contributed by atoms with Crippen LogP contribution in [0.2, 0.25) is 0 Å². The van der Waals surface area contributed by atoms with Crippen LogP contribution in [0.15, 0.2) is 18.3 Å². The molecule has 0 aliphatic carbocycles. The van der Waals surface area contributed by atoms with Crippen LogP contribution < -0.4 is 5.32 Å². The predicted molar refractivity (Wildman–Crippen MR) is 115 cm³/mol. The van der Waals surface area contributed by atoms with Gasteiger partial charge >= 0.3 is 0 Å². The number of hydrogen-bond donors (Lipinski definition) is 1. The maximum Gasteiger partial charge on any atom is 0.222 e. The molecule has 4 heterocycles. The van der Waals surface area contributed by atoms with Crippen molar-refractivity contribution in [2.45, 2.75) is 62.8 Å². The van der Waals surface area contributed by atoms with Crippen molar-refractivity contribution in [3.8, 4) is 11.3 Å². The summed E-state index contributed by atoms with van der Waals surface area (Å²) in [4.78, 5) is 12.2. The summed E-state index contributed by atoms with van der Waals surface area (Å²) < 4.78 is 72.6. The van der Waals surface area contributed by atoms with Gasteiger partial charge in [0.05, 0.1) is 29.8 Å². The fourth-order valence-corrected chi connectivity index (χ4v) is 6.86. The number of carbonyl (C=O) groups excluding carboxylic acids is 1.